The van der Waals surface area contributed by atoms with Crippen LogP contribution in [0.4, 0.5) is 0 Å². The monoisotopic (exact) mass is 311 g/mol. The third-order valence-corrected chi connectivity index (χ3v) is 4.90. The number of nitrogens with zero attached hydrogens (tertiary/aromatic N) is 1. The Labute approximate surface area is 131 Å². The molecule has 2 saturated heterocycles. The lowest BCUT2D eigenvalue weighted by atomic mass is 9.83. The van der Waals surface area contributed by atoms with Crippen LogP contribution in [0.1, 0.15) is 19.8 Å². The summed E-state index contributed by atoms with van der Waals surface area (Å²) in [6.45, 7) is 6.87. The SMILES string of the molecule is C=CC[C@H]([C@H](C)COC)[C@@H]1CC(=O)C2(C(=O)OC)COCN12. The van der Waals surface area contributed by atoms with Crippen LogP contribution in [0.15, 0.2) is 12.7 Å². The molecule has 2 heterocycles. The molecule has 0 radical (unpaired) electrons. The summed E-state index contributed by atoms with van der Waals surface area (Å²) in [4.78, 5) is 26.7. The Morgan fingerprint density at radius 2 is 2.32 bits per heavy atom. The second-order valence-electron chi connectivity index (χ2n) is 6.11. The van der Waals surface area contributed by atoms with Crippen molar-refractivity contribution in [2.45, 2.75) is 31.3 Å². The zero-order valence-corrected chi connectivity index (χ0v) is 13.5. The molecule has 2 aliphatic rings. The molecule has 4 atom stereocenters. The van der Waals surface area contributed by atoms with Crippen LogP contribution in [0.5, 0.6) is 0 Å². The van der Waals surface area contributed by atoms with E-state index in [1.54, 1.807) is 7.11 Å². The molecule has 0 bridgehead atoms. The van der Waals surface area contributed by atoms with E-state index in [4.69, 9.17) is 14.2 Å². The first-order valence-corrected chi connectivity index (χ1v) is 7.59. The largest absolute Gasteiger partial charge is 0.467 e. The van der Waals surface area contributed by atoms with Crippen LogP contribution in [-0.2, 0) is 23.8 Å². The van der Waals surface area contributed by atoms with Crippen LogP contribution in [0.3, 0.4) is 0 Å². The average molecular weight is 311 g/mol. The Morgan fingerprint density at radius 1 is 1.59 bits per heavy atom. The minimum Gasteiger partial charge on any atom is -0.467 e. The number of ketones is 1. The van der Waals surface area contributed by atoms with Crippen LogP contribution in [-0.4, -0.2) is 62.4 Å². The van der Waals surface area contributed by atoms with E-state index in [2.05, 4.69) is 13.5 Å². The minimum absolute atomic E-state index is 0.0581. The lowest BCUT2D eigenvalue weighted by molar-refractivity contribution is -0.155. The predicted octanol–water partition coefficient (Wildman–Crippen LogP) is 1.00. The number of carbonyl (C=O) groups excluding carboxylic acids is 2. The Bertz CT molecular complexity index is 452. The van der Waals surface area contributed by atoms with Gasteiger partial charge in [0.1, 0.15) is 6.73 Å². The highest BCUT2D eigenvalue weighted by Crippen LogP contribution is 2.42. The standard InChI is InChI=1S/C16H25NO5/c1-5-6-12(11(2)8-20-3)13-7-14(18)16(15(19)21-4)9-22-10-17(13)16/h5,11-13H,1,6-10H2,2-4H3/t11-,12-,13+,16?/m1/s1. The van der Waals surface area contributed by atoms with Crippen molar-refractivity contribution in [1.82, 2.24) is 4.90 Å². The van der Waals surface area contributed by atoms with E-state index in [0.717, 1.165) is 6.42 Å². The molecule has 0 saturated carbocycles. The molecule has 6 heteroatoms. The van der Waals surface area contributed by atoms with Crippen LogP contribution in [0.25, 0.3) is 0 Å². The van der Waals surface area contributed by atoms with Gasteiger partial charge in [0.25, 0.3) is 0 Å². The van der Waals surface area contributed by atoms with Gasteiger partial charge in [-0.25, -0.2) is 4.79 Å². The lowest BCUT2D eigenvalue weighted by Crippen LogP contribution is -2.56. The minimum atomic E-state index is -1.26. The first-order valence-electron chi connectivity index (χ1n) is 7.59. The van der Waals surface area contributed by atoms with E-state index in [1.165, 1.54) is 7.11 Å². The molecule has 6 nitrogen and oxygen atoms in total. The van der Waals surface area contributed by atoms with E-state index in [9.17, 15) is 9.59 Å². The smallest absolute Gasteiger partial charge is 0.336 e. The second kappa shape index (κ2) is 6.89. The first-order chi connectivity index (χ1) is 10.5. The molecule has 1 unspecified atom stereocenters. The van der Waals surface area contributed by atoms with E-state index in [-0.39, 0.29) is 37.0 Å². The number of carbonyl (C=O) groups is 2. The highest BCUT2D eigenvalue weighted by Gasteiger charge is 2.63. The van der Waals surface area contributed by atoms with Crippen LogP contribution in [0.2, 0.25) is 0 Å². The molecule has 124 valence electrons. The van der Waals surface area contributed by atoms with E-state index in [1.807, 2.05) is 11.0 Å². The molecule has 0 N–H and O–H groups in total. The van der Waals surface area contributed by atoms with Crippen LogP contribution >= 0.6 is 0 Å². The maximum absolute atomic E-state index is 12.6. The quantitative estimate of drug-likeness (QED) is 0.397. The van der Waals surface area contributed by atoms with Gasteiger partial charge in [0, 0.05) is 26.2 Å². The predicted molar refractivity (Wildman–Crippen MR) is 80.2 cm³/mol. The van der Waals surface area contributed by atoms with Gasteiger partial charge >= 0.3 is 5.97 Å². The van der Waals surface area contributed by atoms with Gasteiger partial charge in [-0.15, -0.1) is 6.58 Å². The summed E-state index contributed by atoms with van der Waals surface area (Å²) < 4.78 is 15.6. The molecular formula is C16H25NO5. The van der Waals surface area contributed by atoms with Gasteiger partial charge in [0.2, 0.25) is 5.54 Å². The molecule has 2 rings (SSSR count). The van der Waals surface area contributed by atoms with Crippen molar-refractivity contribution in [3.8, 4) is 0 Å². The molecule has 2 fully saturated rings. The molecule has 0 aromatic rings. The topological polar surface area (TPSA) is 65.1 Å². The Hall–Kier alpha value is -1.24. The second-order valence-corrected chi connectivity index (χ2v) is 6.11. The summed E-state index contributed by atoms with van der Waals surface area (Å²) in [5.74, 6) is -0.209. The maximum Gasteiger partial charge on any atom is 0.336 e. The maximum atomic E-state index is 12.6. The van der Waals surface area contributed by atoms with Crippen molar-refractivity contribution in [3.63, 3.8) is 0 Å². The summed E-state index contributed by atoms with van der Waals surface area (Å²) in [5, 5.41) is 0. The van der Waals surface area contributed by atoms with Crippen molar-refractivity contribution < 1.29 is 23.8 Å². The van der Waals surface area contributed by atoms with E-state index in [0.29, 0.717) is 13.0 Å². The van der Waals surface area contributed by atoms with Gasteiger partial charge in [0.15, 0.2) is 5.78 Å². The van der Waals surface area contributed by atoms with E-state index >= 15 is 0 Å². The fourth-order valence-electron chi connectivity index (χ4n) is 3.76. The van der Waals surface area contributed by atoms with Crippen molar-refractivity contribution in [2.75, 3.05) is 34.2 Å². The lowest BCUT2D eigenvalue weighted by Gasteiger charge is -2.35. The van der Waals surface area contributed by atoms with Crippen molar-refractivity contribution in [2.24, 2.45) is 11.8 Å². The molecule has 0 amide bonds. The number of allylic oxidation sites excluding steroid dienone is 1. The summed E-state index contributed by atoms with van der Waals surface area (Å²) in [5.41, 5.74) is -1.26. The normalized spacial score (nSPS) is 30.9. The van der Waals surface area contributed by atoms with E-state index < -0.39 is 11.5 Å². The van der Waals surface area contributed by atoms with Gasteiger partial charge in [-0.1, -0.05) is 13.0 Å². The average Bonchev–Trinajstić information content (AvgIpc) is 3.05. The molecule has 2 aliphatic heterocycles. The van der Waals surface area contributed by atoms with Crippen molar-refractivity contribution >= 4 is 11.8 Å². The first kappa shape index (κ1) is 17.1. The number of ether oxygens (including phenoxy) is 3. The zero-order chi connectivity index (χ0) is 16.3. The van der Waals surface area contributed by atoms with Crippen molar-refractivity contribution in [1.29, 1.82) is 0 Å². The van der Waals surface area contributed by atoms with Crippen molar-refractivity contribution in [3.05, 3.63) is 12.7 Å². The van der Waals surface area contributed by atoms with Gasteiger partial charge in [-0.05, 0) is 18.3 Å². The Balaban J connectivity index is 2.30. The molecular weight excluding hydrogens is 286 g/mol. The number of methoxy groups -OCH3 is 2. The highest BCUT2D eigenvalue weighted by atomic mass is 16.5. The van der Waals surface area contributed by atoms with Crippen LogP contribution < -0.4 is 0 Å². The fourth-order valence-corrected chi connectivity index (χ4v) is 3.76. The molecule has 0 spiro atoms. The Kier molecular flexibility index (Phi) is 5.36. The van der Waals surface area contributed by atoms with Gasteiger partial charge in [-0.2, -0.15) is 0 Å². The third kappa shape index (κ3) is 2.59. The molecule has 0 aliphatic carbocycles. The van der Waals surface area contributed by atoms with Gasteiger partial charge < -0.3 is 14.2 Å². The molecule has 0 aromatic heterocycles. The van der Waals surface area contributed by atoms with Gasteiger partial charge in [-0.3, -0.25) is 9.69 Å². The number of rotatable bonds is 7. The molecule has 22 heavy (non-hydrogen) atoms. The molecule has 0 aromatic carbocycles. The number of hydrogen-bond donors (Lipinski definition) is 0. The number of fused-ring (bicyclic) bond motifs is 1. The summed E-state index contributed by atoms with van der Waals surface area (Å²) in [7, 11) is 2.97. The van der Waals surface area contributed by atoms with Gasteiger partial charge in [0.05, 0.1) is 13.7 Å². The number of hydrogen-bond acceptors (Lipinski definition) is 6. The van der Waals surface area contributed by atoms with Crippen LogP contribution in [0, 0.1) is 11.8 Å². The zero-order valence-electron chi connectivity index (χ0n) is 13.5. The Morgan fingerprint density at radius 3 is 2.91 bits per heavy atom. The fraction of sp³-hybridized carbons (Fsp3) is 0.750. The highest BCUT2D eigenvalue weighted by molar-refractivity contribution is 6.10. The summed E-state index contributed by atoms with van der Waals surface area (Å²) in [6.07, 6.45) is 2.96. The summed E-state index contributed by atoms with van der Waals surface area (Å²) >= 11 is 0. The third-order valence-electron chi connectivity index (χ3n) is 4.90. The summed E-state index contributed by atoms with van der Waals surface area (Å²) in [6, 6.07) is -0.0581. The number of esters is 1. The number of Topliss-reactive ketones (excluding diaryl/α,β-unsaturated/α-hetero) is 1.